The Morgan fingerprint density at radius 1 is 1.29 bits per heavy atom. The fraction of sp³-hybridized carbons (Fsp3) is 0.474. The summed E-state index contributed by atoms with van der Waals surface area (Å²) in [6, 6.07) is 9.71. The number of alkyl halides is 3. The van der Waals surface area contributed by atoms with E-state index in [0.29, 0.717) is 13.0 Å². The fourth-order valence-corrected chi connectivity index (χ4v) is 2.97. The number of rotatable bonds is 9. The van der Waals surface area contributed by atoms with Crippen LogP contribution in [0.25, 0.3) is 0 Å². The van der Waals surface area contributed by atoms with Gasteiger partial charge in [0.15, 0.2) is 5.82 Å². The first-order valence-electron chi connectivity index (χ1n) is 9.02. The molecule has 0 radical (unpaired) electrons. The molecule has 0 saturated carbocycles. The SMILES string of the molecule is CCN(CCCNC(=O)CC(O)(c1nccn1C)C(F)(F)F)c1ccccc1. The van der Waals surface area contributed by atoms with Gasteiger partial charge in [0.25, 0.3) is 0 Å². The summed E-state index contributed by atoms with van der Waals surface area (Å²) < 4.78 is 41.4. The van der Waals surface area contributed by atoms with Crippen LogP contribution in [-0.4, -0.2) is 46.4 Å². The number of imidazole rings is 1. The van der Waals surface area contributed by atoms with Crippen LogP contribution in [-0.2, 0) is 17.4 Å². The Balaban J connectivity index is 1.91. The van der Waals surface area contributed by atoms with Gasteiger partial charge < -0.3 is 19.9 Å². The average molecular weight is 398 g/mol. The Kier molecular flexibility index (Phi) is 7.06. The lowest BCUT2D eigenvalue weighted by atomic mass is 9.97. The molecule has 1 unspecified atom stereocenters. The maximum atomic E-state index is 13.4. The number of amides is 1. The molecule has 2 N–H and O–H groups in total. The Hall–Kier alpha value is -2.55. The highest BCUT2D eigenvalue weighted by atomic mass is 19.4. The van der Waals surface area contributed by atoms with Crippen LogP contribution in [0.15, 0.2) is 42.7 Å². The first-order chi connectivity index (χ1) is 13.2. The lowest BCUT2D eigenvalue weighted by Gasteiger charge is -2.29. The Labute approximate surface area is 162 Å². The van der Waals surface area contributed by atoms with Crippen molar-refractivity contribution in [1.29, 1.82) is 0 Å². The zero-order valence-electron chi connectivity index (χ0n) is 15.9. The van der Waals surface area contributed by atoms with Gasteiger partial charge in [-0.3, -0.25) is 4.79 Å². The third-order valence-corrected chi connectivity index (χ3v) is 4.51. The van der Waals surface area contributed by atoms with Gasteiger partial charge in [-0.2, -0.15) is 13.2 Å². The van der Waals surface area contributed by atoms with Gasteiger partial charge in [-0.25, -0.2) is 4.98 Å². The fourth-order valence-electron chi connectivity index (χ4n) is 2.97. The molecule has 0 fully saturated rings. The van der Waals surface area contributed by atoms with Crippen molar-refractivity contribution in [2.45, 2.75) is 31.5 Å². The van der Waals surface area contributed by atoms with Gasteiger partial charge in [0, 0.05) is 44.8 Å². The topological polar surface area (TPSA) is 70.4 Å². The van der Waals surface area contributed by atoms with Crippen LogP contribution in [0.1, 0.15) is 25.6 Å². The minimum absolute atomic E-state index is 0.205. The lowest BCUT2D eigenvalue weighted by Crippen LogP contribution is -2.48. The predicted molar refractivity (Wildman–Crippen MR) is 99.7 cm³/mol. The monoisotopic (exact) mass is 398 g/mol. The van der Waals surface area contributed by atoms with Crippen LogP contribution in [0.2, 0.25) is 0 Å². The standard InChI is InChI=1S/C19H25F3N4O2/c1-3-26(15-8-5-4-6-9-15)12-7-10-23-16(27)14-18(28,19(20,21)22)17-24-11-13-25(17)2/h4-6,8-9,11,13,28H,3,7,10,12,14H2,1-2H3,(H,23,27). The van der Waals surface area contributed by atoms with Crippen molar-refractivity contribution in [3.8, 4) is 0 Å². The highest BCUT2D eigenvalue weighted by Crippen LogP contribution is 2.40. The van der Waals surface area contributed by atoms with Crippen LogP contribution < -0.4 is 10.2 Å². The Morgan fingerprint density at radius 2 is 1.96 bits per heavy atom. The summed E-state index contributed by atoms with van der Waals surface area (Å²) in [6.45, 7) is 3.62. The van der Waals surface area contributed by atoms with Crippen molar-refractivity contribution in [2.75, 3.05) is 24.5 Å². The van der Waals surface area contributed by atoms with Gasteiger partial charge in [-0.05, 0) is 25.5 Å². The van der Waals surface area contributed by atoms with E-state index in [1.54, 1.807) is 0 Å². The number of carbonyl (C=O) groups is 1. The summed E-state index contributed by atoms with van der Waals surface area (Å²) in [4.78, 5) is 17.8. The predicted octanol–water partition coefficient (Wildman–Crippen LogP) is 2.59. The molecule has 28 heavy (non-hydrogen) atoms. The van der Waals surface area contributed by atoms with E-state index >= 15 is 0 Å². The number of para-hydroxylation sites is 1. The normalized spacial score (nSPS) is 13.8. The maximum Gasteiger partial charge on any atom is 0.425 e. The van der Waals surface area contributed by atoms with Crippen molar-refractivity contribution < 1.29 is 23.1 Å². The summed E-state index contributed by atoms with van der Waals surface area (Å²) in [5, 5.41) is 12.7. The molecule has 9 heteroatoms. The molecule has 1 aromatic heterocycles. The number of aliphatic hydroxyl groups is 1. The number of anilines is 1. The summed E-state index contributed by atoms with van der Waals surface area (Å²) in [5.41, 5.74) is -2.30. The number of hydrogen-bond acceptors (Lipinski definition) is 4. The first-order valence-corrected chi connectivity index (χ1v) is 9.02. The quantitative estimate of drug-likeness (QED) is 0.637. The van der Waals surface area contributed by atoms with E-state index in [1.807, 2.05) is 37.3 Å². The minimum Gasteiger partial charge on any atom is -0.374 e. The first kappa shape index (κ1) is 21.7. The van der Waals surface area contributed by atoms with Crippen molar-refractivity contribution in [3.05, 3.63) is 48.5 Å². The third kappa shape index (κ3) is 5.03. The molecular weight excluding hydrogens is 373 g/mol. The number of carbonyl (C=O) groups excluding carboxylic acids is 1. The molecule has 2 aromatic rings. The van der Waals surface area contributed by atoms with Gasteiger partial charge >= 0.3 is 6.18 Å². The van der Waals surface area contributed by atoms with Gasteiger partial charge in [0.2, 0.25) is 11.5 Å². The van der Waals surface area contributed by atoms with Crippen LogP contribution in [0, 0.1) is 0 Å². The number of aryl methyl sites for hydroxylation is 1. The maximum absolute atomic E-state index is 13.4. The van der Waals surface area contributed by atoms with Gasteiger partial charge in [0.05, 0.1) is 6.42 Å². The van der Waals surface area contributed by atoms with E-state index in [1.165, 1.54) is 13.2 Å². The molecule has 6 nitrogen and oxygen atoms in total. The van der Waals surface area contributed by atoms with E-state index in [0.717, 1.165) is 23.0 Å². The van der Waals surface area contributed by atoms with Crippen molar-refractivity contribution in [1.82, 2.24) is 14.9 Å². The second-order valence-corrected chi connectivity index (χ2v) is 6.52. The Bertz CT molecular complexity index is 764. The highest BCUT2D eigenvalue weighted by molar-refractivity contribution is 5.77. The third-order valence-electron chi connectivity index (χ3n) is 4.51. The molecule has 0 aliphatic carbocycles. The number of hydrogen-bond donors (Lipinski definition) is 2. The number of halogens is 3. The van der Waals surface area contributed by atoms with Gasteiger partial charge in [-0.15, -0.1) is 0 Å². The molecule has 0 saturated heterocycles. The van der Waals surface area contributed by atoms with Crippen LogP contribution in [0.4, 0.5) is 18.9 Å². The molecule has 0 spiro atoms. The molecule has 1 atom stereocenters. The summed E-state index contributed by atoms with van der Waals surface area (Å²) in [6.07, 6.45) is -3.19. The second kappa shape index (κ2) is 9.09. The molecule has 0 bridgehead atoms. The van der Waals surface area contributed by atoms with Crippen LogP contribution in [0.3, 0.4) is 0 Å². The zero-order chi connectivity index (χ0) is 20.8. The molecule has 1 aromatic carbocycles. The smallest absolute Gasteiger partial charge is 0.374 e. The molecular formula is C19H25F3N4O2. The van der Waals surface area contributed by atoms with E-state index in [2.05, 4.69) is 15.2 Å². The van der Waals surface area contributed by atoms with Crippen molar-refractivity contribution in [2.24, 2.45) is 7.05 Å². The van der Waals surface area contributed by atoms with Crippen LogP contribution in [0.5, 0.6) is 0 Å². The van der Waals surface area contributed by atoms with Crippen LogP contribution >= 0.6 is 0 Å². The van der Waals surface area contributed by atoms with Gasteiger partial charge in [0.1, 0.15) is 0 Å². The van der Waals surface area contributed by atoms with Crippen molar-refractivity contribution >= 4 is 11.6 Å². The molecule has 1 heterocycles. The van der Waals surface area contributed by atoms with E-state index in [9.17, 15) is 23.1 Å². The molecule has 2 rings (SSSR count). The van der Waals surface area contributed by atoms with E-state index in [4.69, 9.17) is 0 Å². The largest absolute Gasteiger partial charge is 0.425 e. The summed E-state index contributed by atoms with van der Waals surface area (Å²) in [7, 11) is 1.33. The lowest BCUT2D eigenvalue weighted by molar-refractivity contribution is -0.271. The summed E-state index contributed by atoms with van der Waals surface area (Å²) >= 11 is 0. The van der Waals surface area contributed by atoms with E-state index < -0.39 is 29.9 Å². The number of nitrogens with zero attached hydrogens (tertiary/aromatic N) is 3. The zero-order valence-corrected chi connectivity index (χ0v) is 15.9. The van der Waals surface area contributed by atoms with Crippen molar-refractivity contribution in [3.63, 3.8) is 0 Å². The molecule has 154 valence electrons. The highest BCUT2D eigenvalue weighted by Gasteiger charge is 2.58. The second-order valence-electron chi connectivity index (χ2n) is 6.52. The molecule has 0 aliphatic rings. The van der Waals surface area contributed by atoms with Gasteiger partial charge in [-0.1, -0.05) is 18.2 Å². The minimum atomic E-state index is -5.03. The molecule has 0 aliphatic heterocycles. The number of benzene rings is 1. The number of nitrogens with one attached hydrogen (secondary N) is 1. The van der Waals surface area contributed by atoms with E-state index in [-0.39, 0.29) is 6.54 Å². The number of aromatic nitrogens is 2. The summed E-state index contributed by atoms with van der Waals surface area (Å²) in [5.74, 6) is -1.50. The average Bonchev–Trinajstić information content (AvgIpc) is 3.08. The Morgan fingerprint density at radius 3 is 2.50 bits per heavy atom. The molecule has 1 amide bonds.